The monoisotopic (exact) mass is 337 g/mol. The number of hydrogen-bond donors (Lipinski definition) is 0. The van der Waals surface area contributed by atoms with Crippen molar-refractivity contribution in [3.05, 3.63) is 40.4 Å². The Morgan fingerprint density at radius 3 is 2.63 bits per heavy atom. The SMILES string of the molecule is O=C(c1cn(-c2cc(Br)ccc2F)nn1)C(F)(F)F. The third kappa shape index (κ3) is 2.80. The lowest BCUT2D eigenvalue weighted by atomic mass is 10.3. The van der Waals surface area contributed by atoms with Crippen molar-refractivity contribution < 1.29 is 22.4 Å². The molecule has 0 bridgehead atoms. The fraction of sp³-hybridized carbons (Fsp3) is 0.100. The molecular formula is C10H4BrF4N3O. The first-order chi connectivity index (χ1) is 8.79. The number of benzene rings is 1. The summed E-state index contributed by atoms with van der Waals surface area (Å²) in [5.41, 5.74) is -1.02. The summed E-state index contributed by atoms with van der Waals surface area (Å²) in [7, 11) is 0. The number of aromatic nitrogens is 3. The third-order valence-corrected chi connectivity index (χ3v) is 2.63. The normalized spacial score (nSPS) is 11.6. The molecule has 0 spiro atoms. The molecule has 19 heavy (non-hydrogen) atoms. The second kappa shape index (κ2) is 4.72. The molecule has 2 aromatic rings. The largest absolute Gasteiger partial charge is 0.456 e. The molecule has 0 radical (unpaired) electrons. The van der Waals surface area contributed by atoms with Crippen LogP contribution in [0, 0.1) is 5.82 Å². The summed E-state index contributed by atoms with van der Waals surface area (Å²) in [6.45, 7) is 0. The van der Waals surface area contributed by atoms with Gasteiger partial charge < -0.3 is 0 Å². The zero-order chi connectivity index (χ0) is 14.2. The van der Waals surface area contributed by atoms with E-state index >= 15 is 0 Å². The first kappa shape index (κ1) is 13.7. The van der Waals surface area contributed by atoms with E-state index in [9.17, 15) is 22.4 Å². The molecular weight excluding hydrogens is 334 g/mol. The van der Waals surface area contributed by atoms with E-state index in [4.69, 9.17) is 0 Å². The van der Waals surface area contributed by atoms with Crippen LogP contribution in [0.2, 0.25) is 0 Å². The van der Waals surface area contributed by atoms with Crippen LogP contribution in [0.1, 0.15) is 10.5 Å². The van der Waals surface area contributed by atoms with Crippen molar-refractivity contribution in [1.82, 2.24) is 15.0 Å². The molecule has 0 amide bonds. The quantitative estimate of drug-likeness (QED) is 0.625. The molecule has 100 valence electrons. The summed E-state index contributed by atoms with van der Waals surface area (Å²) in [4.78, 5) is 10.9. The van der Waals surface area contributed by atoms with Crippen LogP contribution in [0.5, 0.6) is 0 Å². The Morgan fingerprint density at radius 2 is 2.00 bits per heavy atom. The number of halogens is 5. The Kier molecular flexibility index (Phi) is 3.40. The minimum Gasteiger partial charge on any atom is -0.282 e. The smallest absolute Gasteiger partial charge is 0.282 e. The molecule has 0 aliphatic carbocycles. The molecule has 1 aromatic heterocycles. The van der Waals surface area contributed by atoms with Crippen molar-refractivity contribution >= 4 is 21.7 Å². The third-order valence-electron chi connectivity index (χ3n) is 2.14. The fourth-order valence-electron chi connectivity index (χ4n) is 1.29. The molecule has 0 fully saturated rings. The summed E-state index contributed by atoms with van der Waals surface area (Å²) >= 11 is 3.09. The topological polar surface area (TPSA) is 47.8 Å². The zero-order valence-electron chi connectivity index (χ0n) is 8.95. The standard InChI is InChI=1S/C10H4BrF4N3O/c11-5-1-2-6(12)8(3-5)18-4-7(16-17-18)9(19)10(13,14)15/h1-4H. The number of Topliss-reactive ketones (excluding diaryl/α,β-unsaturated/α-hetero) is 1. The number of alkyl halides is 3. The van der Waals surface area contributed by atoms with Crippen molar-refractivity contribution in [2.24, 2.45) is 0 Å². The van der Waals surface area contributed by atoms with Gasteiger partial charge in [-0.1, -0.05) is 21.1 Å². The van der Waals surface area contributed by atoms with Gasteiger partial charge in [0.15, 0.2) is 5.69 Å². The van der Waals surface area contributed by atoms with E-state index < -0.39 is 23.5 Å². The predicted molar refractivity (Wildman–Crippen MR) is 59.4 cm³/mol. The van der Waals surface area contributed by atoms with Gasteiger partial charge in [-0.3, -0.25) is 4.79 Å². The Labute approximate surface area is 112 Å². The number of carbonyl (C=O) groups is 1. The van der Waals surface area contributed by atoms with Gasteiger partial charge in [-0.25, -0.2) is 9.07 Å². The van der Waals surface area contributed by atoms with E-state index in [2.05, 4.69) is 26.2 Å². The number of carbonyl (C=O) groups excluding carboxylic acids is 1. The Hall–Kier alpha value is -1.77. The molecule has 1 heterocycles. The van der Waals surface area contributed by atoms with E-state index in [1.165, 1.54) is 12.1 Å². The summed E-state index contributed by atoms with van der Waals surface area (Å²) < 4.78 is 51.3. The van der Waals surface area contributed by atoms with Crippen LogP contribution >= 0.6 is 15.9 Å². The van der Waals surface area contributed by atoms with E-state index in [0.717, 1.165) is 16.9 Å². The minimum atomic E-state index is -5.04. The lowest BCUT2D eigenvalue weighted by Crippen LogP contribution is -2.23. The molecule has 0 unspecified atom stereocenters. The summed E-state index contributed by atoms with van der Waals surface area (Å²) in [5, 5.41) is 6.40. The van der Waals surface area contributed by atoms with Crippen LogP contribution in [-0.4, -0.2) is 27.0 Å². The van der Waals surface area contributed by atoms with E-state index in [1.54, 1.807) is 0 Å². The highest BCUT2D eigenvalue weighted by molar-refractivity contribution is 9.10. The van der Waals surface area contributed by atoms with Crippen molar-refractivity contribution in [3.63, 3.8) is 0 Å². The number of ketones is 1. The van der Waals surface area contributed by atoms with Gasteiger partial charge in [0.1, 0.15) is 11.5 Å². The minimum absolute atomic E-state index is 0.122. The number of nitrogens with zero attached hydrogens (tertiary/aromatic N) is 3. The van der Waals surface area contributed by atoms with Crippen LogP contribution in [-0.2, 0) is 0 Å². The van der Waals surface area contributed by atoms with Crippen molar-refractivity contribution in [1.29, 1.82) is 0 Å². The summed E-state index contributed by atoms with van der Waals surface area (Å²) in [6.07, 6.45) is -4.32. The number of rotatable bonds is 2. The first-order valence-corrected chi connectivity index (χ1v) is 5.57. The van der Waals surface area contributed by atoms with Gasteiger partial charge in [-0.2, -0.15) is 13.2 Å². The van der Waals surface area contributed by atoms with Crippen molar-refractivity contribution in [2.75, 3.05) is 0 Å². The second-order valence-corrected chi connectivity index (χ2v) is 4.39. The van der Waals surface area contributed by atoms with Gasteiger partial charge in [-0.05, 0) is 18.2 Å². The molecule has 2 rings (SSSR count). The Bertz CT molecular complexity index is 638. The summed E-state index contributed by atoms with van der Waals surface area (Å²) in [6, 6.07) is 3.82. The molecule has 0 N–H and O–H groups in total. The molecule has 0 atom stereocenters. The molecule has 0 saturated carbocycles. The first-order valence-electron chi connectivity index (χ1n) is 4.78. The predicted octanol–water partition coefficient (Wildman–Crippen LogP) is 2.91. The summed E-state index contributed by atoms with van der Waals surface area (Å²) in [5.74, 6) is -2.84. The van der Waals surface area contributed by atoms with Crippen LogP contribution in [0.4, 0.5) is 17.6 Å². The number of hydrogen-bond acceptors (Lipinski definition) is 3. The van der Waals surface area contributed by atoms with Gasteiger partial charge in [0.25, 0.3) is 5.78 Å². The zero-order valence-corrected chi connectivity index (χ0v) is 10.5. The maximum atomic E-state index is 13.5. The molecule has 0 aliphatic heterocycles. The maximum absolute atomic E-state index is 13.5. The Balaban J connectivity index is 2.42. The molecule has 4 nitrogen and oxygen atoms in total. The molecule has 0 saturated heterocycles. The van der Waals surface area contributed by atoms with Crippen molar-refractivity contribution in [2.45, 2.75) is 6.18 Å². The van der Waals surface area contributed by atoms with Gasteiger partial charge in [0.05, 0.1) is 6.20 Å². The fourth-order valence-corrected chi connectivity index (χ4v) is 1.64. The lowest BCUT2D eigenvalue weighted by Gasteiger charge is -2.02. The van der Waals surface area contributed by atoms with Gasteiger partial charge in [-0.15, -0.1) is 5.10 Å². The molecule has 9 heteroatoms. The highest BCUT2D eigenvalue weighted by Gasteiger charge is 2.41. The average molecular weight is 338 g/mol. The average Bonchev–Trinajstić information content (AvgIpc) is 2.79. The van der Waals surface area contributed by atoms with E-state index in [1.807, 2.05) is 0 Å². The highest BCUT2D eigenvalue weighted by Crippen LogP contribution is 2.22. The molecule has 0 aliphatic rings. The van der Waals surface area contributed by atoms with Gasteiger partial charge >= 0.3 is 6.18 Å². The van der Waals surface area contributed by atoms with E-state index in [-0.39, 0.29) is 5.69 Å². The van der Waals surface area contributed by atoms with Gasteiger partial charge in [0, 0.05) is 4.47 Å². The molecule has 1 aromatic carbocycles. The Morgan fingerprint density at radius 1 is 1.32 bits per heavy atom. The van der Waals surface area contributed by atoms with E-state index in [0.29, 0.717) is 4.47 Å². The maximum Gasteiger partial charge on any atom is 0.456 e. The van der Waals surface area contributed by atoms with Crippen LogP contribution in [0.3, 0.4) is 0 Å². The lowest BCUT2D eigenvalue weighted by molar-refractivity contribution is -0.0888. The second-order valence-electron chi connectivity index (χ2n) is 3.47. The van der Waals surface area contributed by atoms with Gasteiger partial charge in [0.2, 0.25) is 0 Å². The van der Waals surface area contributed by atoms with Crippen LogP contribution in [0.25, 0.3) is 5.69 Å². The van der Waals surface area contributed by atoms with Crippen LogP contribution < -0.4 is 0 Å². The highest BCUT2D eigenvalue weighted by atomic mass is 79.9. The van der Waals surface area contributed by atoms with Crippen LogP contribution in [0.15, 0.2) is 28.9 Å². The van der Waals surface area contributed by atoms with Crippen molar-refractivity contribution in [3.8, 4) is 5.69 Å².